The summed E-state index contributed by atoms with van der Waals surface area (Å²) in [4.78, 5) is 11.9. The molecular formula is C18H28O3. The minimum absolute atomic E-state index is 0.00851. The second-order valence-corrected chi connectivity index (χ2v) is 8.65. The van der Waals surface area contributed by atoms with Gasteiger partial charge in [0.1, 0.15) is 0 Å². The van der Waals surface area contributed by atoms with Crippen molar-refractivity contribution in [3.05, 3.63) is 0 Å². The van der Waals surface area contributed by atoms with Gasteiger partial charge in [-0.2, -0.15) is 0 Å². The topological polar surface area (TPSA) is 46.5 Å². The van der Waals surface area contributed by atoms with Gasteiger partial charge < -0.3 is 9.84 Å². The molecule has 1 unspecified atom stereocenters. The summed E-state index contributed by atoms with van der Waals surface area (Å²) in [7, 11) is 0. The van der Waals surface area contributed by atoms with Gasteiger partial charge in [-0.05, 0) is 73.0 Å². The quantitative estimate of drug-likeness (QED) is 0.698. The lowest BCUT2D eigenvalue weighted by molar-refractivity contribution is -0.179. The van der Waals surface area contributed by atoms with Crippen LogP contribution in [-0.4, -0.2) is 23.8 Å². The number of carbonyl (C=O) groups excluding carboxylic acids is 1. The molecule has 4 aliphatic rings. The molecule has 0 aromatic carbocycles. The summed E-state index contributed by atoms with van der Waals surface area (Å²) in [6.45, 7) is 5.31. The number of esters is 1. The van der Waals surface area contributed by atoms with E-state index in [4.69, 9.17) is 4.74 Å². The predicted molar refractivity (Wildman–Crippen MR) is 79.5 cm³/mol. The zero-order chi connectivity index (χ0) is 14.8. The first-order chi connectivity index (χ1) is 9.95. The van der Waals surface area contributed by atoms with Crippen molar-refractivity contribution in [2.24, 2.45) is 34.5 Å². The Hall–Kier alpha value is -0.570. The SMILES string of the molecule is C[C@]12CC(=O)OC[C@@H]1CC[C@@H]1[C@@H]2CC[C@]2(C)C(O)CC[C@@H]12. The Morgan fingerprint density at radius 1 is 1.05 bits per heavy atom. The van der Waals surface area contributed by atoms with Gasteiger partial charge in [-0.15, -0.1) is 0 Å². The lowest BCUT2D eigenvalue weighted by Gasteiger charge is -2.59. The van der Waals surface area contributed by atoms with E-state index in [-0.39, 0.29) is 22.9 Å². The normalized spacial score (nSPS) is 56.1. The van der Waals surface area contributed by atoms with Crippen molar-refractivity contribution in [2.75, 3.05) is 6.61 Å². The van der Waals surface area contributed by atoms with Gasteiger partial charge in [-0.3, -0.25) is 4.79 Å². The highest BCUT2D eigenvalue weighted by Gasteiger charge is 2.60. The molecule has 3 aliphatic carbocycles. The van der Waals surface area contributed by atoms with Gasteiger partial charge in [-0.25, -0.2) is 0 Å². The molecule has 0 radical (unpaired) electrons. The van der Waals surface area contributed by atoms with Gasteiger partial charge in [0.05, 0.1) is 19.1 Å². The van der Waals surface area contributed by atoms with Crippen LogP contribution in [-0.2, 0) is 9.53 Å². The van der Waals surface area contributed by atoms with Crippen LogP contribution in [0, 0.1) is 34.5 Å². The molecule has 3 saturated carbocycles. The van der Waals surface area contributed by atoms with E-state index in [1.807, 2.05) is 0 Å². The summed E-state index contributed by atoms with van der Waals surface area (Å²) in [5, 5.41) is 10.4. The average Bonchev–Trinajstić information content (AvgIpc) is 2.74. The summed E-state index contributed by atoms with van der Waals surface area (Å²) in [5.41, 5.74) is 0.284. The molecule has 0 amide bonds. The number of hydrogen-bond donors (Lipinski definition) is 1. The van der Waals surface area contributed by atoms with Gasteiger partial charge in [0.15, 0.2) is 0 Å². The number of aliphatic hydroxyl groups is 1. The number of fused-ring (bicyclic) bond motifs is 5. The molecule has 3 heteroatoms. The fraction of sp³-hybridized carbons (Fsp3) is 0.944. The Kier molecular flexibility index (Phi) is 2.99. The van der Waals surface area contributed by atoms with Crippen LogP contribution in [0.15, 0.2) is 0 Å². The van der Waals surface area contributed by atoms with E-state index in [0.717, 1.165) is 12.8 Å². The maximum Gasteiger partial charge on any atom is 0.306 e. The van der Waals surface area contributed by atoms with Crippen molar-refractivity contribution < 1.29 is 14.6 Å². The second-order valence-electron chi connectivity index (χ2n) is 8.65. The van der Waals surface area contributed by atoms with Crippen molar-refractivity contribution >= 4 is 5.97 Å². The largest absolute Gasteiger partial charge is 0.465 e. The van der Waals surface area contributed by atoms with Crippen LogP contribution in [0.25, 0.3) is 0 Å². The Morgan fingerprint density at radius 2 is 1.81 bits per heavy atom. The molecule has 0 spiro atoms. The lowest BCUT2D eigenvalue weighted by atomic mass is 9.46. The number of hydrogen-bond acceptors (Lipinski definition) is 3. The Morgan fingerprint density at radius 3 is 2.62 bits per heavy atom. The monoisotopic (exact) mass is 292 g/mol. The summed E-state index contributed by atoms with van der Waals surface area (Å²) in [6.07, 6.45) is 7.47. The Balaban J connectivity index is 1.66. The molecule has 1 N–H and O–H groups in total. The van der Waals surface area contributed by atoms with Gasteiger partial charge in [-0.1, -0.05) is 13.8 Å². The molecule has 1 aliphatic heterocycles. The Labute approximate surface area is 127 Å². The number of aliphatic hydroxyl groups excluding tert-OH is 1. The molecule has 0 aromatic rings. The summed E-state index contributed by atoms with van der Waals surface area (Å²) in [6, 6.07) is 0. The van der Waals surface area contributed by atoms with E-state index in [9.17, 15) is 9.90 Å². The molecule has 0 aromatic heterocycles. The van der Waals surface area contributed by atoms with Crippen molar-refractivity contribution in [2.45, 2.75) is 64.9 Å². The van der Waals surface area contributed by atoms with Gasteiger partial charge >= 0.3 is 5.97 Å². The van der Waals surface area contributed by atoms with Crippen molar-refractivity contribution in [3.63, 3.8) is 0 Å². The first-order valence-electron chi connectivity index (χ1n) is 8.79. The fourth-order valence-electron chi connectivity index (χ4n) is 6.61. The van der Waals surface area contributed by atoms with Crippen LogP contribution in [0.5, 0.6) is 0 Å². The molecule has 118 valence electrons. The standard InChI is InChI=1S/C18H28O3/c1-17-8-7-14-12(13(17)5-6-15(17)19)4-3-11-10-21-16(20)9-18(11,14)2/h11-15,19H,3-10H2,1-2H3/t11-,12-,13-,14-,15?,17-,18-/m0/s1. The predicted octanol–water partition coefficient (Wildman–Crippen LogP) is 3.15. The highest BCUT2D eigenvalue weighted by atomic mass is 16.5. The minimum Gasteiger partial charge on any atom is -0.465 e. The second kappa shape index (κ2) is 4.47. The maximum atomic E-state index is 11.9. The number of ether oxygens (including phenoxy) is 1. The molecule has 3 nitrogen and oxygen atoms in total. The first-order valence-corrected chi connectivity index (χ1v) is 8.79. The smallest absolute Gasteiger partial charge is 0.306 e. The molecule has 21 heavy (non-hydrogen) atoms. The lowest BCUT2D eigenvalue weighted by Crippen LogP contribution is -2.55. The van der Waals surface area contributed by atoms with Crippen molar-refractivity contribution in [1.82, 2.24) is 0 Å². The maximum absolute atomic E-state index is 11.9. The van der Waals surface area contributed by atoms with E-state index in [1.165, 1.54) is 25.7 Å². The molecule has 0 bridgehead atoms. The van der Waals surface area contributed by atoms with Crippen LogP contribution in [0.2, 0.25) is 0 Å². The zero-order valence-corrected chi connectivity index (χ0v) is 13.3. The third-order valence-electron chi connectivity index (χ3n) is 7.99. The third-order valence-corrected chi connectivity index (χ3v) is 7.99. The van der Waals surface area contributed by atoms with Crippen LogP contribution >= 0.6 is 0 Å². The molecular weight excluding hydrogens is 264 g/mol. The molecule has 1 saturated heterocycles. The number of rotatable bonds is 0. The summed E-state index contributed by atoms with van der Waals surface area (Å²) >= 11 is 0. The van der Waals surface area contributed by atoms with E-state index >= 15 is 0 Å². The van der Waals surface area contributed by atoms with Gasteiger partial charge in [0.2, 0.25) is 0 Å². The van der Waals surface area contributed by atoms with E-state index in [1.54, 1.807) is 0 Å². The van der Waals surface area contributed by atoms with Crippen LogP contribution in [0.1, 0.15) is 58.8 Å². The van der Waals surface area contributed by atoms with E-state index < -0.39 is 0 Å². The summed E-state index contributed by atoms with van der Waals surface area (Å²) < 4.78 is 5.34. The van der Waals surface area contributed by atoms with Gasteiger partial charge in [0.25, 0.3) is 0 Å². The van der Waals surface area contributed by atoms with Crippen molar-refractivity contribution in [3.8, 4) is 0 Å². The fourth-order valence-corrected chi connectivity index (χ4v) is 6.61. The van der Waals surface area contributed by atoms with Crippen LogP contribution < -0.4 is 0 Å². The molecule has 4 rings (SSSR count). The summed E-state index contributed by atoms with van der Waals surface area (Å²) in [5.74, 6) is 2.61. The Bertz CT molecular complexity index is 461. The molecule has 1 heterocycles. The van der Waals surface area contributed by atoms with Crippen LogP contribution in [0.4, 0.5) is 0 Å². The average molecular weight is 292 g/mol. The van der Waals surface area contributed by atoms with E-state index in [0.29, 0.717) is 36.7 Å². The molecule has 7 atom stereocenters. The third kappa shape index (κ3) is 1.79. The number of cyclic esters (lactones) is 1. The zero-order valence-electron chi connectivity index (χ0n) is 13.3. The number of carbonyl (C=O) groups is 1. The van der Waals surface area contributed by atoms with E-state index in [2.05, 4.69) is 13.8 Å². The van der Waals surface area contributed by atoms with Crippen LogP contribution in [0.3, 0.4) is 0 Å². The molecule has 4 fully saturated rings. The highest BCUT2D eigenvalue weighted by Crippen LogP contribution is 2.65. The van der Waals surface area contributed by atoms with Crippen molar-refractivity contribution in [1.29, 1.82) is 0 Å². The minimum atomic E-state index is -0.106. The highest BCUT2D eigenvalue weighted by molar-refractivity contribution is 5.71. The first kappa shape index (κ1) is 14.0. The van der Waals surface area contributed by atoms with Gasteiger partial charge in [0, 0.05) is 0 Å².